The van der Waals surface area contributed by atoms with Crippen LogP contribution in [0.4, 0.5) is 0 Å². The van der Waals surface area contributed by atoms with Crippen LogP contribution in [0.5, 0.6) is 5.75 Å². The van der Waals surface area contributed by atoms with Crippen LogP contribution in [-0.4, -0.2) is 64.2 Å². The largest absolute Gasteiger partial charge is 0.492 e. The predicted molar refractivity (Wildman–Crippen MR) is 135 cm³/mol. The van der Waals surface area contributed by atoms with Gasteiger partial charge in [-0.1, -0.05) is 29.8 Å². The molecule has 1 aliphatic rings. The molecule has 0 N–H and O–H groups in total. The average Bonchev–Trinajstić information content (AvgIpc) is 3.23. The van der Waals surface area contributed by atoms with Crippen molar-refractivity contribution < 1.29 is 17.9 Å². The minimum absolute atomic E-state index is 0. The van der Waals surface area contributed by atoms with Gasteiger partial charge in [-0.2, -0.15) is 0 Å². The van der Waals surface area contributed by atoms with Gasteiger partial charge in [0.25, 0.3) is 0 Å². The summed E-state index contributed by atoms with van der Waals surface area (Å²) in [6.07, 6.45) is 3.53. The van der Waals surface area contributed by atoms with E-state index in [1.54, 1.807) is 6.07 Å². The number of ether oxygens (including phenoxy) is 1. The van der Waals surface area contributed by atoms with E-state index in [-0.39, 0.29) is 23.1 Å². The quantitative estimate of drug-likeness (QED) is 0.326. The van der Waals surface area contributed by atoms with Crippen LogP contribution in [0.25, 0.3) is 0 Å². The first-order valence-electron chi connectivity index (χ1n) is 10.9. The van der Waals surface area contributed by atoms with E-state index < -0.39 is 10.0 Å². The number of Topliss-reactive ketones (excluding diaryl/α,β-unsaturated/α-hetero) is 1. The minimum Gasteiger partial charge on any atom is -0.492 e. The third-order valence-electron chi connectivity index (χ3n) is 5.74. The fourth-order valence-electron chi connectivity index (χ4n) is 3.76. The maximum atomic E-state index is 12.8. The Morgan fingerprint density at radius 3 is 2.52 bits per heavy atom. The van der Waals surface area contributed by atoms with Crippen LogP contribution in [0.2, 0.25) is 5.02 Å². The molecule has 0 fully saturated rings. The molecule has 182 valence electrons. The molecule has 0 amide bonds. The molecule has 2 aromatic rings. The molecule has 0 atom stereocenters. The molecule has 0 aromatic heterocycles. The van der Waals surface area contributed by atoms with Crippen LogP contribution >= 0.6 is 24.0 Å². The van der Waals surface area contributed by atoms with Crippen LogP contribution in [-0.2, 0) is 22.9 Å². The molecule has 9 heteroatoms. The van der Waals surface area contributed by atoms with E-state index >= 15 is 0 Å². The normalized spacial score (nSPS) is 13.0. The minimum atomic E-state index is -3.69. The highest BCUT2D eigenvalue weighted by molar-refractivity contribution is 7.89. The summed E-state index contributed by atoms with van der Waals surface area (Å²) in [5.74, 6) is 0.351. The molecular weight excluding hydrogens is 483 g/mol. The number of halogens is 2. The smallest absolute Gasteiger partial charge is 0.246 e. The van der Waals surface area contributed by atoms with Gasteiger partial charge in [-0.05, 0) is 62.2 Å². The van der Waals surface area contributed by atoms with E-state index in [0.29, 0.717) is 30.8 Å². The molecule has 6 nitrogen and oxygen atoms in total. The van der Waals surface area contributed by atoms with E-state index in [9.17, 15) is 13.2 Å². The highest BCUT2D eigenvalue weighted by Crippen LogP contribution is 2.35. The molecule has 2 aromatic carbocycles. The van der Waals surface area contributed by atoms with Gasteiger partial charge in [0.1, 0.15) is 10.6 Å². The van der Waals surface area contributed by atoms with Crippen molar-refractivity contribution in [3.63, 3.8) is 0 Å². The molecule has 0 saturated heterocycles. The van der Waals surface area contributed by atoms with Crippen molar-refractivity contribution in [2.24, 2.45) is 0 Å². The molecule has 0 saturated carbocycles. The third kappa shape index (κ3) is 6.93. The fourth-order valence-corrected chi connectivity index (χ4v) is 5.08. The molecule has 3 rings (SSSR count). The number of unbranched alkanes of at least 4 members (excludes halogenated alkanes) is 1. The van der Waals surface area contributed by atoms with Crippen molar-refractivity contribution in [2.45, 2.75) is 37.0 Å². The first-order chi connectivity index (χ1) is 15.2. The maximum absolute atomic E-state index is 12.8. The van der Waals surface area contributed by atoms with Gasteiger partial charge in [-0.15, -0.1) is 12.4 Å². The summed E-state index contributed by atoms with van der Waals surface area (Å²) < 4.78 is 32.1. The van der Waals surface area contributed by atoms with Crippen molar-refractivity contribution in [1.82, 2.24) is 9.21 Å². The number of fused-ring (bicyclic) bond motifs is 1. The summed E-state index contributed by atoms with van der Waals surface area (Å²) >= 11 is 6.22. The molecule has 0 aliphatic carbocycles. The maximum Gasteiger partial charge on any atom is 0.246 e. The van der Waals surface area contributed by atoms with Gasteiger partial charge in [0.2, 0.25) is 10.0 Å². The highest BCUT2D eigenvalue weighted by Gasteiger charge is 2.29. The molecule has 0 bridgehead atoms. The number of rotatable bonds is 11. The van der Waals surface area contributed by atoms with Crippen LogP contribution in [0, 0.1) is 0 Å². The van der Waals surface area contributed by atoms with E-state index in [0.717, 1.165) is 52.8 Å². The van der Waals surface area contributed by atoms with Crippen molar-refractivity contribution in [1.29, 1.82) is 0 Å². The number of sulfonamides is 1. The second-order valence-corrected chi connectivity index (χ2v) is 10.9. The fraction of sp³-hybridized carbons (Fsp3) is 0.458. The van der Waals surface area contributed by atoms with E-state index in [1.165, 1.54) is 20.2 Å². The summed E-state index contributed by atoms with van der Waals surface area (Å²) in [5, 5.41) is 0.793. The number of carbonyl (C=O) groups excluding carboxylic acids is 1. The topological polar surface area (TPSA) is 66.9 Å². The predicted octanol–water partition coefficient (Wildman–Crippen LogP) is 4.47. The van der Waals surface area contributed by atoms with E-state index in [4.69, 9.17) is 16.3 Å². The molecular formula is C24H32Cl2N2O4S. The van der Waals surface area contributed by atoms with Crippen molar-refractivity contribution >= 4 is 39.8 Å². The van der Waals surface area contributed by atoms with E-state index in [1.807, 2.05) is 24.3 Å². The Morgan fingerprint density at radius 1 is 1.09 bits per heavy atom. The Bertz CT molecular complexity index is 1070. The Labute approximate surface area is 208 Å². The van der Waals surface area contributed by atoms with E-state index in [2.05, 4.69) is 11.9 Å². The third-order valence-corrected chi connectivity index (χ3v) is 7.93. The van der Waals surface area contributed by atoms with Gasteiger partial charge < -0.3 is 9.64 Å². The Kier molecular flexibility index (Phi) is 10.2. The lowest BCUT2D eigenvalue weighted by atomic mass is 10.0. The van der Waals surface area contributed by atoms with Gasteiger partial charge >= 0.3 is 0 Å². The Balaban J connectivity index is 0.00000385. The lowest BCUT2D eigenvalue weighted by Crippen LogP contribution is -2.23. The summed E-state index contributed by atoms with van der Waals surface area (Å²) in [7, 11) is 1.34. The molecule has 1 aliphatic heterocycles. The van der Waals surface area contributed by atoms with Crippen LogP contribution in [0.3, 0.4) is 0 Å². The van der Waals surface area contributed by atoms with Crippen LogP contribution in [0.1, 0.15) is 40.7 Å². The second kappa shape index (κ2) is 12.2. The molecule has 0 radical (unpaired) electrons. The first kappa shape index (κ1) is 27.6. The van der Waals surface area contributed by atoms with Crippen molar-refractivity contribution in [3.05, 3.63) is 58.1 Å². The number of carbonyl (C=O) groups is 1. The number of hydrogen-bond donors (Lipinski definition) is 0. The molecule has 1 heterocycles. The summed E-state index contributed by atoms with van der Waals surface area (Å²) in [6.45, 7) is 2.22. The number of benzene rings is 2. The van der Waals surface area contributed by atoms with Gasteiger partial charge in [-0.25, -0.2) is 12.7 Å². The van der Waals surface area contributed by atoms with Crippen molar-refractivity contribution in [3.8, 4) is 5.75 Å². The summed E-state index contributed by atoms with van der Waals surface area (Å²) in [4.78, 5) is 15.1. The number of likely N-dealkylation sites (N-methyl/N-ethyl adjacent to an activating group) is 1. The SMILES string of the molecule is CN(CCCCC(=O)c1cc2c(c(S(=O)(=O)N(C)C)c1)OCC2)CCc1ccccc1Cl.Cl. The average molecular weight is 516 g/mol. The monoisotopic (exact) mass is 514 g/mol. The Hall–Kier alpha value is -1.64. The standard InChI is InChI=1S/C24H31ClN2O4S.ClH/c1-26(2)32(29,30)23-17-20(16-19-12-15-31-24(19)23)22(28)10-6-7-13-27(3)14-11-18-8-4-5-9-21(18)25;/h4-5,8-9,16-17H,6-7,10-15H2,1-3H3;1H. The van der Waals surface area contributed by atoms with Gasteiger partial charge in [0.05, 0.1) is 6.61 Å². The molecule has 0 unspecified atom stereocenters. The molecule has 33 heavy (non-hydrogen) atoms. The van der Waals surface area contributed by atoms with Gasteiger partial charge in [-0.3, -0.25) is 4.79 Å². The van der Waals surface area contributed by atoms with Crippen LogP contribution in [0.15, 0.2) is 41.3 Å². The number of hydrogen-bond acceptors (Lipinski definition) is 5. The highest BCUT2D eigenvalue weighted by atomic mass is 35.5. The summed E-state index contributed by atoms with van der Waals surface area (Å²) in [5.41, 5.74) is 2.37. The second-order valence-electron chi connectivity index (χ2n) is 8.37. The lowest BCUT2D eigenvalue weighted by Gasteiger charge is -2.17. The van der Waals surface area contributed by atoms with Gasteiger partial charge in [0, 0.05) is 44.1 Å². The Morgan fingerprint density at radius 2 is 1.82 bits per heavy atom. The van der Waals surface area contributed by atoms with Crippen LogP contribution < -0.4 is 4.74 Å². The zero-order chi connectivity index (χ0) is 23.3. The first-order valence-corrected chi connectivity index (χ1v) is 12.7. The zero-order valence-corrected chi connectivity index (χ0v) is 21.7. The lowest BCUT2D eigenvalue weighted by molar-refractivity contribution is 0.0978. The van der Waals surface area contributed by atoms with Crippen molar-refractivity contribution in [2.75, 3.05) is 40.8 Å². The number of nitrogens with zero attached hydrogens (tertiary/aromatic N) is 2. The summed E-state index contributed by atoms with van der Waals surface area (Å²) in [6, 6.07) is 11.1. The van der Waals surface area contributed by atoms with Gasteiger partial charge in [0.15, 0.2) is 5.78 Å². The molecule has 0 spiro atoms. The zero-order valence-electron chi connectivity index (χ0n) is 19.3. The number of ketones is 1.